The Bertz CT molecular complexity index is 533. The molecule has 0 saturated heterocycles. The normalized spacial score (nSPS) is 9.90. The molecule has 8 heteroatoms. The molecule has 7 nitrogen and oxygen atoms in total. The lowest BCUT2D eigenvalue weighted by atomic mass is 10.2. The molecule has 1 amide bonds. The molecule has 0 heterocycles. The number of nitrogens with zero attached hydrogens (tertiary/aromatic N) is 1. The lowest BCUT2D eigenvalue weighted by Crippen LogP contribution is -2.25. The van der Waals surface area contributed by atoms with E-state index in [1.165, 1.54) is 19.2 Å². The van der Waals surface area contributed by atoms with Crippen LogP contribution in [0.25, 0.3) is 0 Å². The largest absolute Gasteiger partial charge is 0.469 e. The Kier molecular flexibility index (Phi) is 5.92. The second kappa shape index (κ2) is 7.44. The number of hydrogen-bond acceptors (Lipinski definition) is 5. The van der Waals surface area contributed by atoms with E-state index < -0.39 is 10.8 Å². The molecule has 0 unspecified atom stereocenters. The fourth-order valence-corrected chi connectivity index (χ4v) is 1.69. The van der Waals surface area contributed by atoms with Crippen LogP contribution in [0.2, 0.25) is 5.02 Å². The molecular formula is C12H13ClN2O5. The second-order valence-electron chi connectivity index (χ2n) is 3.86. The van der Waals surface area contributed by atoms with Gasteiger partial charge in [0.15, 0.2) is 0 Å². The molecule has 0 aliphatic heterocycles. The van der Waals surface area contributed by atoms with Crippen LogP contribution in [0.15, 0.2) is 18.2 Å². The average Bonchev–Trinajstić information content (AvgIpc) is 2.42. The summed E-state index contributed by atoms with van der Waals surface area (Å²) in [6.45, 7) is 0.279. The standard InChI is InChI=1S/C12H13ClN2O5/c1-20-11(16)3-2-6-14-12(17)9-5-4-8(15(18)19)7-10(9)13/h4-5,7H,2-3,6H2,1H3,(H,14,17). The molecule has 0 aliphatic rings. The maximum absolute atomic E-state index is 11.8. The zero-order valence-corrected chi connectivity index (χ0v) is 11.5. The van der Waals surface area contributed by atoms with Crippen molar-refractivity contribution in [1.29, 1.82) is 0 Å². The van der Waals surface area contributed by atoms with E-state index in [4.69, 9.17) is 11.6 Å². The highest BCUT2D eigenvalue weighted by molar-refractivity contribution is 6.34. The van der Waals surface area contributed by atoms with Crippen LogP contribution >= 0.6 is 11.6 Å². The van der Waals surface area contributed by atoms with Crippen LogP contribution in [0.5, 0.6) is 0 Å². The number of hydrogen-bond donors (Lipinski definition) is 1. The van der Waals surface area contributed by atoms with E-state index in [2.05, 4.69) is 10.1 Å². The van der Waals surface area contributed by atoms with Crippen LogP contribution < -0.4 is 5.32 Å². The molecule has 108 valence electrons. The Balaban J connectivity index is 2.55. The molecule has 1 rings (SSSR count). The van der Waals surface area contributed by atoms with Crippen molar-refractivity contribution in [2.45, 2.75) is 12.8 Å². The third-order valence-corrected chi connectivity index (χ3v) is 2.79. The molecule has 0 aliphatic carbocycles. The first kappa shape index (κ1) is 15.9. The van der Waals surface area contributed by atoms with Crippen LogP contribution in [0, 0.1) is 10.1 Å². The summed E-state index contributed by atoms with van der Waals surface area (Å²) in [5.74, 6) is -0.803. The van der Waals surface area contributed by atoms with Gasteiger partial charge in [-0.25, -0.2) is 0 Å². The number of nitro groups is 1. The maximum Gasteiger partial charge on any atom is 0.305 e. The summed E-state index contributed by atoms with van der Waals surface area (Å²) in [4.78, 5) is 32.6. The number of amides is 1. The Hall–Kier alpha value is -2.15. The van der Waals surface area contributed by atoms with E-state index in [9.17, 15) is 19.7 Å². The van der Waals surface area contributed by atoms with Gasteiger partial charge in [0.25, 0.3) is 11.6 Å². The third kappa shape index (κ3) is 4.51. The molecule has 20 heavy (non-hydrogen) atoms. The van der Waals surface area contributed by atoms with Gasteiger partial charge in [-0.15, -0.1) is 0 Å². The van der Waals surface area contributed by atoms with Crippen molar-refractivity contribution in [3.63, 3.8) is 0 Å². The zero-order chi connectivity index (χ0) is 15.1. The van der Waals surface area contributed by atoms with Crippen LogP contribution in [0.1, 0.15) is 23.2 Å². The summed E-state index contributed by atoms with van der Waals surface area (Å²) in [5.41, 5.74) is -0.0347. The highest BCUT2D eigenvalue weighted by atomic mass is 35.5. The van der Waals surface area contributed by atoms with Gasteiger partial charge in [0, 0.05) is 25.1 Å². The van der Waals surface area contributed by atoms with Crippen LogP contribution in [0.3, 0.4) is 0 Å². The van der Waals surface area contributed by atoms with E-state index in [-0.39, 0.29) is 35.2 Å². The minimum atomic E-state index is -0.593. The van der Waals surface area contributed by atoms with E-state index in [0.29, 0.717) is 6.42 Å². The average molecular weight is 301 g/mol. The van der Waals surface area contributed by atoms with Crippen molar-refractivity contribution in [2.24, 2.45) is 0 Å². The quantitative estimate of drug-likeness (QED) is 0.374. The number of carbonyl (C=O) groups excluding carboxylic acids is 2. The van der Waals surface area contributed by atoms with Crippen molar-refractivity contribution < 1.29 is 19.2 Å². The van der Waals surface area contributed by atoms with Gasteiger partial charge in [-0.1, -0.05) is 11.6 Å². The monoisotopic (exact) mass is 300 g/mol. The van der Waals surface area contributed by atoms with Crippen molar-refractivity contribution in [3.05, 3.63) is 38.9 Å². The number of esters is 1. The van der Waals surface area contributed by atoms with E-state index >= 15 is 0 Å². The summed E-state index contributed by atoms with van der Waals surface area (Å²) in [6.07, 6.45) is 0.633. The fraction of sp³-hybridized carbons (Fsp3) is 0.333. The first-order chi connectivity index (χ1) is 9.45. The first-order valence-electron chi connectivity index (χ1n) is 5.74. The summed E-state index contributed by atoms with van der Waals surface area (Å²) >= 11 is 5.81. The maximum atomic E-state index is 11.8. The van der Waals surface area contributed by atoms with Crippen LogP contribution in [-0.4, -0.2) is 30.5 Å². The van der Waals surface area contributed by atoms with E-state index in [0.717, 1.165) is 6.07 Å². The summed E-state index contributed by atoms with van der Waals surface area (Å²) in [7, 11) is 1.29. The molecule has 0 bridgehead atoms. The van der Waals surface area contributed by atoms with Crippen molar-refractivity contribution in [1.82, 2.24) is 5.32 Å². The number of rotatable bonds is 6. The number of ether oxygens (including phenoxy) is 1. The SMILES string of the molecule is COC(=O)CCCNC(=O)c1ccc([N+](=O)[O-])cc1Cl. The number of methoxy groups -OCH3 is 1. The Labute approximate surface area is 120 Å². The summed E-state index contributed by atoms with van der Waals surface area (Å²) in [5, 5.41) is 13.1. The van der Waals surface area contributed by atoms with Gasteiger partial charge in [0.2, 0.25) is 0 Å². The number of halogens is 1. The zero-order valence-electron chi connectivity index (χ0n) is 10.7. The highest BCUT2D eigenvalue weighted by Crippen LogP contribution is 2.22. The number of non-ortho nitro benzene ring substituents is 1. The lowest BCUT2D eigenvalue weighted by molar-refractivity contribution is -0.384. The Morgan fingerprint density at radius 2 is 2.15 bits per heavy atom. The first-order valence-corrected chi connectivity index (χ1v) is 6.12. The van der Waals surface area contributed by atoms with Gasteiger partial charge in [0.05, 0.1) is 22.6 Å². The van der Waals surface area contributed by atoms with Crippen molar-refractivity contribution in [2.75, 3.05) is 13.7 Å². The molecule has 0 aromatic heterocycles. The predicted octanol–water partition coefficient (Wildman–Crippen LogP) is 1.93. The smallest absolute Gasteiger partial charge is 0.305 e. The van der Waals surface area contributed by atoms with Gasteiger partial charge in [-0.05, 0) is 12.5 Å². The van der Waals surface area contributed by atoms with Gasteiger partial charge < -0.3 is 10.1 Å². The number of carbonyl (C=O) groups is 2. The third-order valence-electron chi connectivity index (χ3n) is 2.48. The Morgan fingerprint density at radius 3 is 2.70 bits per heavy atom. The summed E-state index contributed by atoms with van der Waals surface area (Å²) < 4.78 is 4.46. The van der Waals surface area contributed by atoms with Gasteiger partial charge in [-0.3, -0.25) is 19.7 Å². The number of benzene rings is 1. The van der Waals surface area contributed by atoms with Crippen molar-refractivity contribution in [3.8, 4) is 0 Å². The van der Waals surface area contributed by atoms with Gasteiger partial charge >= 0.3 is 5.97 Å². The minimum absolute atomic E-state index is 0.00432. The molecule has 0 fully saturated rings. The molecule has 0 spiro atoms. The van der Waals surface area contributed by atoms with Crippen LogP contribution in [0.4, 0.5) is 5.69 Å². The molecule has 0 saturated carbocycles. The van der Waals surface area contributed by atoms with Crippen LogP contribution in [-0.2, 0) is 9.53 Å². The second-order valence-corrected chi connectivity index (χ2v) is 4.26. The van der Waals surface area contributed by atoms with E-state index in [1.807, 2.05) is 0 Å². The van der Waals surface area contributed by atoms with Gasteiger partial charge in [-0.2, -0.15) is 0 Å². The topological polar surface area (TPSA) is 98.5 Å². The molecular weight excluding hydrogens is 288 g/mol. The molecule has 1 N–H and O–H groups in total. The molecule has 1 aromatic carbocycles. The predicted molar refractivity (Wildman–Crippen MR) is 71.7 cm³/mol. The molecule has 0 radical (unpaired) electrons. The van der Waals surface area contributed by atoms with Crippen molar-refractivity contribution >= 4 is 29.2 Å². The lowest BCUT2D eigenvalue weighted by Gasteiger charge is -2.06. The molecule has 0 atom stereocenters. The summed E-state index contributed by atoms with van der Waals surface area (Å²) in [6, 6.07) is 3.61. The van der Waals surface area contributed by atoms with E-state index in [1.54, 1.807) is 0 Å². The molecule has 1 aromatic rings. The number of nitro benzene ring substituents is 1. The Morgan fingerprint density at radius 1 is 1.45 bits per heavy atom. The number of nitrogens with one attached hydrogen (secondary N) is 1. The van der Waals surface area contributed by atoms with Gasteiger partial charge in [0.1, 0.15) is 0 Å². The fourth-order valence-electron chi connectivity index (χ4n) is 1.43. The minimum Gasteiger partial charge on any atom is -0.469 e. The highest BCUT2D eigenvalue weighted by Gasteiger charge is 2.14.